The van der Waals surface area contributed by atoms with Crippen molar-refractivity contribution in [1.29, 1.82) is 0 Å². The summed E-state index contributed by atoms with van der Waals surface area (Å²) in [7, 11) is 0. The van der Waals surface area contributed by atoms with E-state index in [0.29, 0.717) is 30.5 Å². The molecule has 3 heterocycles. The van der Waals surface area contributed by atoms with Crippen LogP contribution in [0.5, 0.6) is 5.75 Å². The lowest BCUT2D eigenvalue weighted by Crippen LogP contribution is -2.36. The highest BCUT2D eigenvalue weighted by Gasteiger charge is 2.16. The molecule has 2 aromatic heterocycles. The monoisotopic (exact) mass is 432 g/mol. The molecule has 0 aliphatic carbocycles. The van der Waals surface area contributed by atoms with Crippen LogP contribution in [-0.4, -0.2) is 57.0 Å². The number of aromatic amines is 2. The lowest BCUT2D eigenvalue weighted by atomic mass is 10.2. The van der Waals surface area contributed by atoms with E-state index in [1.807, 2.05) is 42.5 Å². The summed E-state index contributed by atoms with van der Waals surface area (Å²) >= 11 is 0. The highest BCUT2D eigenvalue weighted by atomic mass is 16.5. The van der Waals surface area contributed by atoms with Gasteiger partial charge in [-0.25, -0.2) is 0 Å². The molecule has 0 bridgehead atoms. The maximum Gasteiger partial charge on any atom is 0.246 e. The van der Waals surface area contributed by atoms with Crippen molar-refractivity contribution in [2.75, 3.05) is 25.0 Å². The SMILES string of the molecule is O=C(CCOc1ccc(-c2nc(Nc3ccc4[nH]ncc4c3)n[nH]2)cc1)NC1CCNC1. The van der Waals surface area contributed by atoms with Crippen molar-refractivity contribution >= 4 is 28.4 Å². The van der Waals surface area contributed by atoms with Crippen LogP contribution >= 0.6 is 0 Å². The van der Waals surface area contributed by atoms with E-state index in [0.717, 1.165) is 41.7 Å². The van der Waals surface area contributed by atoms with E-state index in [9.17, 15) is 4.79 Å². The predicted molar refractivity (Wildman–Crippen MR) is 121 cm³/mol. The molecule has 1 atom stereocenters. The number of H-pyrrole nitrogens is 2. The number of nitrogens with zero attached hydrogens (tertiary/aromatic N) is 3. The summed E-state index contributed by atoms with van der Waals surface area (Å²) in [6, 6.07) is 13.6. The van der Waals surface area contributed by atoms with Crippen LogP contribution in [0.4, 0.5) is 11.6 Å². The van der Waals surface area contributed by atoms with Crippen molar-refractivity contribution < 1.29 is 9.53 Å². The number of anilines is 2. The number of carbonyl (C=O) groups is 1. The Bertz CT molecular complexity index is 1190. The van der Waals surface area contributed by atoms with Gasteiger partial charge < -0.3 is 20.7 Å². The Labute approximate surface area is 184 Å². The maximum absolute atomic E-state index is 12.0. The first-order chi connectivity index (χ1) is 15.7. The molecule has 0 spiro atoms. The highest BCUT2D eigenvalue weighted by molar-refractivity contribution is 5.82. The van der Waals surface area contributed by atoms with E-state index >= 15 is 0 Å². The van der Waals surface area contributed by atoms with E-state index in [4.69, 9.17) is 4.74 Å². The standard InChI is InChI=1S/C22H24N8O2/c31-20(25-17-7-9-23-13-17)8-10-32-18-4-1-14(2-5-18)21-27-22(30-29-21)26-16-3-6-19-15(11-16)12-24-28-19/h1-6,11-12,17,23H,7-10,13H2,(H,24,28)(H,25,31)(H2,26,27,29,30). The minimum absolute atomic E-state index is 0.0175. The lowest BCUT2D eigenvalue weighted by molar-refractivity contribution is -0.122. The first-order valence-electron chi connectivity index (χ1n) is 10.6. The number of aromatic nitrogens is 5. The number of amides is 1. The molecule has 32 heavy (non-hydrogen) atoms. The molecule has 1 fully saturated rings. The minimum Gasteiger partial charge on any atom is -0.493 e. The third kappa shape index (κ3) is 4.70. The molecule has 5 rings (SSSR count). The van der Waals surface area contributed by atoms with Gasteiger partial charge in [0.2, 0.25) is 11.9 Å². The topological polar surface area (TPSA) is 133 Å². The van der Waals surface area contributed by atoms with Gasteiger partial charge in [0.05, 0.1) is 24.7 Å². The number of hydrogen-bond donors (Lipinski definition) is 5. The molecule has 4 aromatic rings. The summed E-state index contributed by atoms with van der Waals surface area (Å²) in [4.78, 5) is 16.5. The number of nitrogens with one attached hydrogen (secondary N) is 5. The Morgan fingerprint density at radius 3 is 2.91 bits per heavy atom. The molecule has 0 saturated carbocycles. The van der Waals surface area contributed by atoms with Gasteiger partial charge in [-0.3, -0.25) is 15.0 Å². The minimum atomic E-state index is 0.0175. The summed E-state index contributed by atoms with van der Waals surface area (Å²) in [5, 5.41) is 24.6. The second-order valence-corrected chi connectivity index (χ2v) is 7.68. The van der Waals surface area contributed by atoms with Crippen LogP contribution in [0.25, 0.3) is 22.3 Å². The van der Waals surface area contributed by atoms with Crippen LogP contribution in [0.15, 0.2) is 48.7 Å². The van der Waals surface area contributed by atoms with Crippen LogP contribution in [0.2, 0.25) is 0 Å². The fourth-order valence-electron chi connectivity index (χ4n) is 3.64. The van der Waals surface area contributed by atoms with Crippen molar-refractivity contribution in [3.63, 3.8) is 0 Å². The van der Waals surface area contributed by atoms with Gasteiger partial charge in [0.15, 0.2) is 5.82 Å². The number of benzene rings is 2. The molecule has 1 amide bonds. The summed E-state index contributed by atoms with van der Waals surface area (Å²) < 4.78 is 5.70. The van der Waals surface area contributed by atoms with E-state index in [-0.39, 0.29) is 11.9 Å². The highest BCUT2D eigenvalue weighted by Crippen LogP contribution is 2.23. The van der Waals surface area contributed by atoms with Gasteiger partial charge in [-0.15, -0.1) is 5.10 Å². The summed E-state index contributed by atoms with van der Waals surface area (Å²) in [5.74, 6) is 1.85. The van der Waals surface area contributed by atoms with Gasteiger partial charge in [0, 0.05) is 29.2 Å². The average molecular weight is 432 g/mol. The van der Waals surface area contributed by atoms with Gasteiger partial charge in [-0.05, 0) is 55.4 Å². The number of carbonyl (C=O) groups excluding carboxylic acids is 1. The zero-order valence-corrected chi connectivity index (χ0v) is 17.4. The Balaban J connectivity index is 1.14. The van der Waals surface area contributed by atoms with E-state index in [2.05, 4.69) is 41.3 Å². The molecule has 10 nitrogen and oxygen atoms in total. The number of ether oxygens (including phenoxy) is 1. The Kier molecular flexibility index (Phi) is 5.67. The van der Waals surface area contributed by atoms with Crippen LogP contribution < -0.4 is 20.7 Å². The first kappa shape index (κ1) is 20.0. The van der Waals surface area contributed by atoms with E-state index in [1.165, 1.54) is 0 Å². The Hall–Kier alpha value is -3.92. The van der Waals surface area contributed by atoms with Crippen LogP contribution in [0.3, 0.4) is 0 Å². The number of rotatable bonds is 8. The van der Waals surface area contributed by atoms with E-state index in [1.54, 1.807) is 6.20 Å². The average Bonchev–Trinajstić information content (AvgIpc) is 3.56. The zero-order valence-electron chi connectivity index (χ0n) is 17.4. The summed E-state index contributed by atoms with van der Waals surface area (Å²) in [6.07, 6.45) is 3.08. The third-order valence-corrected chi connectivity index (χ3v) is 5.33. The predicted octanol–water partition coefficient (Wildman–Crippen LogP) is 2.34. The maximum atomic E-state index is 12.0. The Morgan fingerprint density at radius 2 is 2.06 bits per heavy atom. The summed E-state index contributed by atoms with van der Waals surface area (Å²) in [6.45, 7) is 2.13. The Morgan fingerprint density at radius 1 is 1.16 bits per heavy atom. The van der Waals surface area contributed by atoms with Crippen molar-refractivity contribution in [3.05, 3.63) is 48.7 Å². The molecule has 0 radical (unpaired) electrons. The second kappa shape index (κ2) is 9.06. The van der Waals surface area contributed by atoms with Crippen molar-refractivity contribution in [1.82, 2.24) is 36.0 Å². The summed E-state index contributed by atoms with van der Waals surface area (Å²) in [5.41, 5.74) is 2.73. The largest absolute Gasteiger partial charge is 0.493 e. The molecule has 1 aliphatic rings. The lowest BCUT2D eigenvalue weighted by Gasteiger charge is -2.11. The number of hydrogen-bond acceptors (Lipinski definition) is 7. The number of fused-ring (bicyclic) bond motifs is 1. The van der Waals surface area contributed by atoms with Gasteiger partial charge in [-0.1, -0.05) is 0 Å². The van der Waals surface area contributed by atoms with Crippen LogP contribution in [-0.2, 0) is 4.79 Å². The normalized spacial score (nSPS) is 15.7. The van der Waals surface area contributed by atoms with Gasteiger partial charge >= 0.3 is 0 Å². The molecule has 10 heteroatoms. The molecule has 1 saturated heterocycles. The first-order valence-corrected chi connectivity index (χ1v) is 10.6. The van der Waals surface area contributed by atoms with Gasteiger partial charge in [-0.2, -0.15) is 10.1 Å². The zero-order chi connectivity index (χ0) is 21.8. The fraction of sp³-hybridized carbons (Fsp3) is 0.273. The second-order valence-electron chi connectivity index (χ2n) is 7.68. The van der Waals surface area contributed by atoms with Crippen LogP contribution in [0, 0.1) is 0 Å². The molecular formula is C22H24N8O2. The molecule has 5 N–H and O–H groups in total. The molecular weight excluding hydrogens is 408 g/mol. The van der Waals surface area contributed by atoms with Crippen molar-refractivity contribution in [2.24, 2.45) is 0 Å². The van der Waals surface area contributed by atoms with E-state index < -0.39 is 0 Å². The third-order valence-electron chi connectivity index (χ3n) is 5.33. The molecule has 1 unspecified atom stereocenters. The van der Waals surface area contributed by atoms with Gasteiger partial charge in [0.1, 0.15) is 5.75 Å². The quantitative estimate of drug-likeness (QED) is 0.289. The van der Waals surface area contributed by atoms with Crippen LogP contribution in [0.1, 0.15) is 12.8 Å². The molecule has 1 aliphatic heterocycles. The fourth-order valence-corrected chi connectivity index (χ4v) is 3.64. The molecule has 2 aromatic carbocycles. The smallest absolute Gasteiger partial charge is 0.246 e. The molecule has 164 valence electrons. The van der Waals surface area contributed by atoms with Crippen molar-refractivity contribution in [3.8, 4) is 17.1 Å². The van der Waals surface area contributed by atoms with Gasteiger partial charge in [0.25, 0.3) is 0 Å². The van der Waals surface area contributed by atoms with Crippen molar-refractivity contribution in [2.45, 2.75) is 18.9 Å².